The first-order valence-electron chi connectivity index (χ1n) is 9.25. The lowest BCUT2D eigenvalue weighted by atomic mass is 9.79. The Labute approximate surface area is 203 Å². The van der Waals surface area contributed by atoms with Crippen molar-refractivity contribution in [3.8, 4) is 0 Å². The van der Waals surface area contributed by atoms with Crippen LogP contribution in [-0.2, 0) is 9.59 Å². The molecule has 1 aliphatic rings. The second-order valence-corrected chi connectivity index (χ2v) is 6.97. The third kappa shape index (κ3) is 11.0. The van der Waals surface area contributed by atoms with E-state index in [4.69, 9.17) is 15.3 Å². The van der Waals surface area contributed by atoms with Crippen LogP contribution in [0.1, 0.15) is 12.8 Å². The van der Waals surface area contributed by atoms with E-state index < -0.39 is 67.2 Å². The van der Waals surface area contributed by atoms with Crippen molar-refractivity contribution in [2.24, 2.45) is 0 Å². The van der Waals surface area contributed by atoms with Crippen molar-refractivity contribution in [2.75, 3.05) is 26.2 Å². The molecule has 0 unspecified atom stereocenters. The van der Waals surface area contributed by atoms with Crippen LogP contribution in [0.4, 0.5) is 0 Å². The predicted octanol–water partition coefficient (Wildman–Crippen LogP) is -4.11. The average molecular weight is 535 g/mol. The molecule has 11 N–H and O–H groups in total. The second-order valence-electron chi connectivity index (χ2n) is 6.97. The number of carboxylic acids is 2. The highest BCUT2D eigenvalue weighted by molar-refractivity contribution is 5.86. The monoisotopic (exact) mass is 533 g/mol. The van der Waals surface area contributed by atoms with E-state index in [1.165, 1.54) is 0 Å². The lowest BCUT2D eigenvalue weighted by Crippen LogP contribution is -2.74. The molecule has 0 radical (unpaired) electrons. The number of nitrogens with one attached hydrogen (secondary N) is 3. The molecule has 16 heteroatoms. The van der Waals surface area contributed by atoms with Crippen molar-refractivity contribution < 1.29 is 50.4 Å². The van der Waals surface area contributed by atoms with Gasteiger partial charge in [-0.25, -0.2) is 0 Å². The number of carboxylic acid groups (broad SMARTS) is 2. The van der Waals surface area contributed by atoms with E-state index in [0.717, 1.165) is 0 Å². The van der Waals surface area contributed by atoms with E-state index in [0.29, 0.717) is 0 Å². The highest BCUT2D eigenvalue weighted by Gasteiger charge is 2.49. The number of aliphatic hydroxyl groups excluding tert-OH is 6. The molecule has 13 nitrogen and oxygen atoms in total. The van der Waals surface area contributed by atoms with E-state index in [9.17, 15) is 35.1 Å². The number of halogens is 3. The van der Waals surface area contributed by atoms with Crippen LogP contribution in [-0.4, -0.2) is 128 Å². The molecule has 0 heterocycles. The van der Waals surface area contributed by atoms with Gasteiger partial charge in [0.25, 0.3) is 0 Å². The fourth-order valence-electron chi connectivity index (χ4n) is 3.21. The maximum Gasteiger partial charge on any atom is 0.304 e. The van der Waals surface area contributed by atoms with Gasteiger partial charge in [-0.1, -0.05) is 0 Å². The average Bonchev–Trinajstić information content (AvgIpc) is 2.65. The zero-order valence-corrected chi connectivity index (χ0v) is 19.4. The Hall–Kier alpha value is -0.550. The van der Waals surface area contributed by atoms with Crippen molar-refractivity contribution in [3.05, 3.63) is 0 Å². The quantitative estimate of drug-likeness (QED) is 0.108. The predicted molar refractivity (Wildman–Crippen MR) is 119 cm³/mol. The third-order valence-corrected chi connectivity index (χ3v) is 4.84. The van der Waals surface area contributed by atoms with E-state index >= 15 is 0 Å². The molecule has 1 fully saturated rings. The van der Waals surface area contributed by atoms with Crippen molar-refractivity contribution >= 4 is 49.2 Å². The molecule has 0 bridgehead atoms. The summed E-state index contributed by atoms with van der Waals surface area (Å²) in [6.07, 6.45) is -7.62. The number of aliphatic carboxylic acids is 2. The molecule has 0 aromatic heterocycles. The Morgan fingerprint density at radius 3 is 1.34 bits per heavy atom. The van der Waals surface area contributed by atoms with Crippen LogP contribution in [0.2, 0.25) is 0 Å². The summed E-state index contributed by atoms with van der Waals surface area (Å²) in [6.45, 7) is -1.16. The minimum atomic E-state index is -1.44. The van der Waals surface area contributed by atoms with Crippen molar-refractivity contribution in [1.29, 1.82) is 0 Å². The standard InChI is InChI=1S/C16H31N3O10.3ClH/c20-6-8(22)7(21)5-19-13-15(28)11(17-3-1-9(23)24)14(27)12(16(13)29)18-4-2-10(25)26;;;/h7-8,11-22,27-29H,1-6H2,(H,23,24)(H,25,26);3*1H/t7-,8+,11-,12+,13-,14+,15-,16+;;;/m0.../s1. The lowest BCUT2D eigenvalue weighted by molar-refractivity contribution is -0.137. The normalized spacial score (nSPS) is 28.9. The van der Waals surface area contributed by atoms with Gasteiger partial charge < -0.3 is 56.8 Å². The largest absolute Gasteiger partial charge is 0.481 e. The summed E-state index contributed by atoms with van der Waals surface area (Å²) in [5.41, 5.74) is 0. The van der Waals surface area contributed by atoms with Crippen LogP contribution in [0.5, 0.6) is 0 Å². The van der Waals surface area contributed by atoms with Crippen LogP contribution in [0.25, 0.3) is 0 Å². The van der Waals surface area contributed by atoms with Crippen molar-refractivity contribution in [3.63, 3.8) is 0 Å². The maximum atomic E-state index is 10.7. The number of hydrogen-bond acceptors (Lipinski definition) is 11. The first kappa shape index (κ1) is 36.0. The summed E-state index contributed by atoms with van der Waals surface area (Å²) < 4.78 is 0. The van der Waals surface area contributed by atoms with Gasteiger partial charge in [-0.15, -0.1) is 37.2 Å². The fraction of sp³-hybridized carbons (Fsp3) is 0.875. The summed E-state index contributed by atoms with van der Waals surface area (Å²) in [6, 6.07) is -3.27. The minimum absolute atomic E-state index is 0. The summed E-state index contributed by atoms with van der Waals surface area (Å²) in [5.74, 6) is -2.19. The SMILES string of the molecule is Cl.Cl.Cl.O=C(O)CCN[C@@H]1[C@H](O)[C@H](NCCC(=O)O)[C@H](O)[C@H](NC[C@H](O)[C@H](O)CO)[C@@H]1O. The topological polar surface area (TPSA) is 232 Å². The Kier molecular flexibility index (Phi) is 20.1. The number of rotatable bonds is 13. The highest BCUT2D eigenvalue weighted by Crippen LogP contribution is 2.22. The van der Waals surface area contributed by atoms with Gasteiger partial charge in [0, 0.05) is 19.6 Å². The third-order valence-electron chi connectivity index (χ3n) is 4.84. The summed E-state index contributed by atoms with van der Waals surface area (Å²) in [4.78, 5) is 21.4. The molecule has 1 aliphatic carbocycles. The van der Waals surface area contributed by atoms with Gasteiger partial charge in [0.05, 0.1) is 62.0 Å². The number of hydrogen-bond donors (Lipinski definition) is 11. The van der Waals surface area contributed by atoms with Crippen molar-refractivity contribution in [1.82, 2.24) is 16.0 Å². The van der Waals surface area contributed by atoms with Gasteiger partial charge in [-0.05, 0) is 0 Å². The van der Waals surface area contributed by atoms with Gasteiger partial charge in [0.15, 0.2) is 0 Å². The molecule has 1 rings (SSSR count). The van der Waals surface area contributed by atoms with E-state index in [1.54, 1.807) is 0 Å². The molecular weight excluding hydrogens is 501 g/mol. The first-order chi connectivity index (χ1) is 13.6. The molecule has 1 saturated carbocycles. The number of aliphatic hydroxyl groups is 6. The van der Waals surface area contributed by atoms with Gasteiger partial charge in [-0.3, -0.25) is 9.59 Å². The lowest BCUT2D eigenvalue weighted by Gasteiger charge is -2.47. The second kappa shape index (κ2) is 17.9. The van der Waals surface area contributed by atoms with Crippen LogP contribution in [0.15, 0.2) is 0 Å². The molecule has 0 aliphatic heterocycles. The Morgan fingerprint density at radius 1 is 0.688 bits per heavy atom. The summed E-state index contributed by atoms with van der Waals surface area (Å²) >= 11 is 0. The Balaban J connectivity index is -0.00000280. The summed E-state index contributed by atoms with van der Waals surface area (Å²) in [5, 5.41) is 85.3. The molecule has 32 heavy (non-hydrogen) atoms. The van der Waals surface area contributed by atoms with Crippen LogP contribution >= 0.6 is 37.2 Å². The van der Waals surface area contributed by atoms with Crippen LogP contribution < -0.4 is 16.0 Å². The van der Waals surface area contributed by atoms with E-state index in [1.807, 2.05) is 0 Å². The molecule has 0 amide bonds. The smallest absolute Gasteiger partial charge is 0.304 e. The molecule has 8 atom stereocenters. The Bertz CT molecular complexity index is 506. The fourth-order valence-corrected chi connectivity index (χ4v) is 3.21. The van der Waals surface area contributed by atoms with Crippen molar-refractivity contribution in [2.45, 2.75) is 61.5 Å². The zero-order valence-electron chi connectivity index (χ0n) is 17.0. The molecule has 0 aromatic carbocycles. The van der Waals surface area contributed by atoms with Gasteiger partial charge in [-0.2, -0.15) is 0 Å². The van der Waals surface area contributed by atoms with Gasteiger partial charge >= 0.3 is 11.9 Å². The van der Waals surface area contributed by atoms with E-state index in [2.05, 4.69) is 16.0 Å². The van der Waals surface area contributed by atoms with Gasteiger partial charge in [0.1, 0.15) is 6.10 Å². The number of carbonyl (C=O) groups is 2. The maximum absolute atomic E-state index is 10.7. The van der Waals surface area contributed by atoms with Crippen LogP contribution in [0.3, 0.4) is 0 Å². The molecule has 0 aromatic rings. The highest BCUT2D eigenvalue weighted by atomic mass is 35.5. The summed E-state index contributed by atoms with van der Waals surface area (Å²) in [7, 11) is 0. The molecular formula is C16H34Cl3N3O10. The molecule has 0 spiro atoms. The minimum Gasteiger partial charge on any atom is -0.481 e. The molecule has 194 valence electrons. The van der Waals surface area contributed by atoms with Gasteiger partial charge in [0.2, 0.25) is 0 Å². The Morgan fingerprint density at radius 2 is 1.03 bits per heavy atom. The van der Waals surface area contributed by atoms with Crippen LogP contribution in [0, 0.1) is 0 Å². The zero-order chi connectivity index (χ0) is 22.1. The van der Waals surface area contributed by atoms with E-state index in [-0.39, 0.29) is 69.7 Å². The first-order valence-corrected chi connectivity index (χ1v) is 9.25. The molecule has 0 saturated heterocycles.